The summed E-state index contributed by atoms with van der Waals surface area (Å²) in [5, 5.41) is 11.1. The molecule has 2 heterocycles. The number of aromatic amines is 1. The van der Waals surface area contributed by atoms with Crippen molar-refractivity contribution in [3.63, 3.8) is 0 Å². The van der Waals surface area contributed by atoms with Gasteiger partial charge in [-0.2, -0.15) is 0 Å². The van der Waals surface area contributed by atoms with Gasteiger partial charge in [0.05, 0.1) is 6.61 Å². The van der Waals surface area contributed by atoms with E-state index in [0.717, 1.165) is 5.82 Å². The summed E-state index contributed by atoms with van der Waals surface area (Å²) in [5.74, 6) is 1.69. The van der Waals surface area contributed by atoms with E-state index < -0.39 is 0 Å². The van der Waals surface area contributed by atoms with Gasteiger partial charge in [0.1, 0.15) is 5.69 Å². The predicted molar refractivity (Wildman–Crippen MR) is 57.0 cm³/mol. The van der Waals surface area contributed by atoms with E-state index in [4.69, 9.17) is 10.5 Å². The van der Waals surface area contributed by atoms with E-state index in [2.05, 4.69) is 15.3 Å². The third kappa shape index (κ3) is 1.42. The molecule has 0 fully saturated rings. The molecule has 6 heteroatoms. The lowest BCUT2D eigenvalue weighted by atomic mass is 10.2. The molecule has 0 aliphatic carbocycles. The minimum absolute atomic E-state index is 0.285. The summed E-state index contributed by atoms with van der Waals surface area (Å²) in [4.78, 5) is 0. The standard InChI is InChI=1S/C9H15N5O/c1-4-15-9-6(10)8-12-11-7(5(2)3)14(8)13-9/h5,13H,4,10H2,1-3H3. The minimum atomic E-state index is 0.285. The molecule has 0 saturated carbocycles. The zero-order valence-corrected chi connectivity index (χ0v) is 9.11. The lowest BCUT2D eigenvalue weighted by Gasteiger charge is -2.00. The second-order valence-electron chi connectivity index (χ2n) is 3.66. The summed E-state index contributed by atoms with van der Waals surface area (Å²) < 4.78 is 7.11. The van der Waals surface area contributed by atoms with Crippen molar-refractivity contribution in [2.45, 2.75) is 26.7 Å². The second-order valence-corrected chi connectivity index (χ2v) is 3.66. The largest absolute Gasteiger partial charge is 0.477 e. The molecule has 3 N–H and O–H groups in total. The predicted octanol–water partition coefficient (Wildman–Crippen LogP) is 1.16. The third-order valence-electron chi connectivity index (χ3n) is 2.19. The fourth-order valence-corrected chi connectivity index (χ4v) is 1.47. The van der Waals surface area contributed by atoms with Gasteiger partial charge in [0.2, 0.25) is 11.5 Å². The second kappa shape index (κ2) is 3.45. The number of ether oxygens (including phenoxy) is 1. The SMILES string of the molecule is CCOc1[nH]n2c(C(C)C)nnc2c1N. The summed E-state index contributed by atoms with van der Waals surface area (Å²) in [6.07, 6.45) is 0. The van der Waals surface area contributed by atoms with Gasteiger partial charge in [-0.1, -0.05) is 13.8 Å². The van der Waals surface area contributed by atoms with Crippen molar-refractivity contribution in [2.75, 3.05) is 12.3 Å². The van der Waals surface area contributed by atoms with Crippen molar-refractivity contribution in [2.24, 2.45) is 0 Å². The first-order valence-electron chi connectivity index (χ1n) is 5.00. The zero-order valence-electron chi connectivity index (χ0n) is 9.11. The number of hydrogen-bond donors (Lipinski definition) is 2. The molecule has 15 heavy (non-hydrogen) atoms. The van der Waals surface area contributed by atoms with Gasteiger partial charge < -0.3 is 10.5 Å². The number of fused-ring (bicyclic) bond motifs is 1. The van der Waals surface area contributed by atoms with Crippen molar-refractivity contribution < 1.29 is 4.74 Å². The van der Waals surface area contributed by atoms with Crippen LogP contribution in [0.5, 0.6) is 5.88 Å². The number of anilines is 1. The maximum atomic E-state index is 5.86. The van der Waals surface area contributed by atoms with Crippen LogP contribution in [0.2, 0.25) is 0 Å². The maximum Gasteiger partial charge on any atom is 0.234 e. The van der Waals surface area contributed by atoms with Crippen LogP contribution in [0.3, 0.4) is 0 Å². The number of aromatic nitrogens is 4. The lowest BCUT2D eigenvalue weighted by Crippen LogP contribution is -1.99. The molecule has 0 bridgehead atoms. The Labute approximate surface area is 87.4 Å². The van der Waals surface area contributed by atoms with Crippen LogP contribution in [0.4, 0.5) is 5.69 Å². The first-order valence-corrected chi connectivity index (χ1v) is 5.00. The number of nitrogen functional groups attached to an aromatic ring is 1. The monoisotopic (exact) mass is 209 g/mol. The number of nitrogens with one attached hydrogen (secondary N) is 1. The number of nitrogens with zero attached hydrogens (tertiary/aromatic N) is 3. The average molecular weight is 209 g/mol. The highest BCUT2D eigenvalue weighted by Crippen LogP contribution is 2.26. The summed E-state index contributed by atoms with van der Waals surface area (Å²) in [6.45, 7) is 6.57. The molecule has 0 saturated heterocycles. The van der Waals surface area contributed by atoms with Crippen molar-refractivity contribution >= 4 is 11.3 Å². The zero-order chi connectivity index (χ0) is 11.0. The van der Waals surface area contributed by atoms with E-state index in [9.17, 15) is 0 Å². The van der Waals surface area contributed by atoms with E-state index in [1.165, 1.54) is 0 Å². The van der Waals surface area contributed by atoms with E-state index >= 15 is 0 Å². The van der Waals surface area contributed by atoms with Crippen molar-refractivity contribution in [3.8, 4) is 5.88 Å². The average Bonchev–Trinajstić information content (AvgIpc) is 2.69. The number of hydrogen-bond acceptors (Lipinski definition) is 4. The molecule has 0 unspecified atom stereocenters. The van der Waals surface area contributed by atoms with Gasteiger partial charge in [-0.25, -0.2) is 4.52 Å². The Morgan fingerprint density at radius 3 is 2.80 bits per heavy atom. The van der Waals surface area contributed by atoms with Crippen molar-refractivity contribution in [1.82, 2.24) is 19.8 Å². The molecule has 0 aromatic carbocycles. The molecule has 2 aromatic heterocycles. The van der Waals surface area contributed by atoms with Gasteiger partial charge in [-0.05, 0) is 6.92 Å². The fourth-order valence-electron chi connectivity index (χ4n) is 1.47. The van der Waals surface area contributed by atoms with Crippen LogP contribution >= 0.6 is 0 Å². The van der Waals surface area contributed by atoms with Crippen LogP contribution in [0.25, 0.3) is 5.65 Å². The molecule has 0 spiro atoms. The molecule has 0 aliphatic heterocycles. The first kappa shape index (κ1) is 9.82. The Balaban J connectivity index is 2.56. The normalized spacial score (nSPS) is 11.5. The summed E-state index contributed by atoms with van der Waals surface area (Å²) in [6, 6.07) is 0. The smallest absolute Gasteiger partial charge is 0.234 e. The van der Waals surface area contributed by atoms with Crippen LogP contribution in [-0.2, 0) is 0 Å². The molecule has 82 valence electrons. The van der Waals surface area contributed by atoms with Crippen molar-refractivity contribution in [3.05, 3.63) is 5.82 Å². The Morgan fingerprint density at radius 1 is 1.47 bits per heavy atom. The van der Waals surface area contributed by atoms with Gasteiger partial charge in [-0.3, -0.25) is 5.10 Å². The van der Waals surface area contributed by atoms with Gasteiger partial charge >= 0.3 is 0 Å². The third-order valence-corrected chi connectivity index (χ3v) is 2.19. The first-order chi connectivity index (χ1) is 7.15. The summed E-state index contributed by atoms with van der Waals surface area (Å²) in [5.41, 5.74) is 7.00. The fraction of sp³-hybridized carbons (Fsp3) is 0.556. The van der Waals surface area contributed by atoms with E-state index in [0.29, 0.717) is 23.8 Å². The highest BCUT2D eigenvalue weighted by Gasteiger charge is 2.17. The van der Waals surface area contributed by atoms with Crippen LogP contribution in [0, 0.1) is 0 Å². The van der Waals surface area contributed by atoms with Gasteiger partial charge in [0, 0.05) is 5.92 Å². The summed E-state index contributed by atoms with van der Waals surface area (Å²) in [7, 11) is 0. The maximum absolute atomic E-state index is 5.86. The minimum Gasteiger partial charge on any atom is -0.477 e. The Morgan fingerprint density at radius 2 is 2.20 bits per heavy atom. The molecular formula is C9H15N5O. The number of rotatable bonds is 3. The molecule has 0 aliphatic rings. The molecule has 0 atom stereocenters. The lowest BCUT2D eigenvalue weighted by molar-refractivity contribution is 0.326. The molecule has 6 nitrogen and oxygen atoms in total. The molecule has 0 amide bonds. The number of H-pyrrole nitrogens is 1. The molecule has 0 radical (unpaired) electrons. The molecule has 2 rings (SSSR count). The van der Waals surface area contributed by atoms with E-state index in [-0.39, 0.29) is 5.92 Å². The Kier molecular flexibility index (Phi) is 2.26. The Hall–Kier alpha value is -1.72. The summed E-state index contributed by atoms with van der Waals surface area (Å²) >= 11 is 0. The molecule has 2 aromatic rings. The number of nitrogens with two attached hydrogens (primary N) is 1. The van der Waals surface area contributed by atoms with Crippen molar-refractivity contribution in [1.29, 1.82) is 0 Å². The van der Waals surface area contributed by atoms with Gasteiger partial charge in [-0.15, -0.1) is 10.2 Å². The topological polar surface area (TPSA) is 81.2 Å². The molecular weight excluding hydrogens is 194 g/mol. The highest BCUT2D eigenvalue weighted by molar-refractivity contribution is 5.70. The van der Waals surface area contributed by atoms with Gasteiger partial charge in [0.25, 0.3) is 0 Å². The van der Waals surface area contributed by atoms with Gasteiger partial charge in [0.15, 0.2) is 5.82 Å². The van der Waals surface area contributed by atoms with Crippen LogP contribution < -0.4 is 10.5 Å². The van der Waals surface area contributed by atoms with E-state index in [1.54, 1.807) is 4.52 Å². The van der Waals surface area contributed by atoms with Crippen LogP contribution in [-0.4, -0.2) is 26.4 Å². The Bertz CT molecular complexity index is 470. The van der Waals surface area contributed by atoms with E-state index in [1.807, 2.05) is 20.8 Å². The highest BCUT2D eigenvalue weighted by atomic mass is 16.5. The van der Waals surface area contributed by atoms with Crippen LogP contribution in [0.15, 0.2) is 0 Å². The quantitative estimate of drug-likeness (QED) is 0.794. The van der Waals surface area contributed by atoms with Crippen LogP contribution in [0.1, 0.15) is 32.5 Å².